The van der Waals surface area contributed by atoms with E-state index in [0.29, 0.717) is 28.5 Å². The molecule has 8 nitrogen and oxygen atoms in total. The van der Waals surface area contributed by atoms with Crippen LogP contribution in [0.1, 0.15) is 63.0 Å². The fraction of sp³-hybridized carbons (Fsp3) is 0.235. The molecule has 0 amide bonds. The third-order valence-corrected chi connectivity index (χ3v) is 6.46. The van der Waals surface area contributed by atoms with Crippen LogP contribution in [0.3, 0.4) is 0 Å². The number of nitrogens with two attached hydrogens (primary N) is 3. The first-order valence-electron chi connectivity index (χ1n) is 13.5. The van der Waals surface area contributed by atoms with Crippen molar-refractivity contribution >= 4 is 34.1 Å². The second-order valence-corrected chi connectivity index (χ2v) is 12.0. The van der Waals surface area contributed by atoms with Gasteiger partial charge in [-0.2, -0.15) is 0 Å². The van der Waals surface area contributed by atoms with Gasteiger partial charge in [-0.05, 0) is 82.6 Å². The predicted octanol–water partition coefficient (Wildman–Crippen LogP) is 7.61. The summed E-state index contributed by atoms with van der Waals surface area (Å²) in [6, 6.07) is 25.4. The SMILES string of the molecule is CC(C)(C)c1ccc(-c2nc3cc(N)ccc3o2)cc1.CC(C)(C)c1ccc(C(=O)O)cc1.Nc1ccc(O)c(N)c1. The third-order valence-electron chi connectivity index (χ3n) is 6.46. The molecule has 5 aromatic rings. The largest absolute Gasteiger partial charge is 0.506 e. The van der Waals surface area contributed by atoms with E-state index in [1.54, 1.807) is 18.2 Å². The molecular formula is C34H40N4O4. The normalized spacial score (nSPS) is 11.2. The number of hydrogen-bond donors (Lipinski definition) is 5. The highest BCUT2D eigenvalue weighted by Gasteiger charge is 2.15. The van der Waals surface area contributed by atoms with E-state index < -0.39 is 5.97 Å². The summed E-state index contributed by atoms with van der Waals surface area (Å²) in [5.41, 5.74) is 23.5. The summed E-state index contributed by atoms with van der Waals surface area (Å²) in [4.78, 5) is 15.1. The van der Waals surface area contributed by atoms with Crippen LogP contribution in [0.15, 0.2) is 89.3 Å². The Hall–Kier alpha value is -4.98. The van der Waals surface area contributed by atoms with Gasteiger partial charge in [-0.25, -0.2) is 9.78 Å². The van der Waals surface area contributed by atoms with Gasteiger partial charge in [-0.15, -0.1) is 0 Å². The summed E-state index contributed by atoms with van der Waals surface area (Å²) in [6.07, 6.45) is 0. The van der Waals surface area contributed by atoms with Crippen molar-refractivity contribution in [3.05, 3.63) is 102 Å². The maximum Gasteiger partial charge on any atom is 0.335 e. The number of rotatable bonds is 2. The minimum absolute atomic E-state index is 0.0733. The summed E-state index contributed by atoms with van der Waals surface area (Å²) < 4.78 is 5.77. The van der Waals surface area contributed by atoms with Crippen LogP contribution in [0.5, 0.6) is 5.75 Å². The van der Waals surface area contributed by atoms with E-state index in [2.05, 4.69) is 70.8 Å². The van der Waals surface area contributed by atoms with Gasteiger partial charge < -0.3 is 31.8 Å². The molecule has 0 saturated heterocycles. The Labute approximate surface area is 246 Å². The molecule has 4 aromatic carbocycles. The highest BCUT2D eigenvalue weighted by molar-refractivity contribution is 5.87. The average Bonchev–Trinajstić information content (AvgIpc) is 3.34. The lowest BCUT2D eigenvalue weighted by molar-refractivity contribution is 0.0696. The molecule has 5 rings (SSSR count). The number of anilines is 3. The summed E-state index contributed by atoms with van der Waals surface area (Å²) in [5.74, 6) is -0.171. The van der Waals surface area contributed by atoms with Crippen molar-refractivity contribution in [1.82, 2.24) is 4.98 Å². The molecule has 0 bridgehead atoms. The molecule has 42 heavy (non-hydrogen) atoms. The third kappa shape index (κ3) is 8.51. The number of oxazole rings is 1. The van der Waals surface area contributed by atoms with Gasteiger partial charge in [0.2, 0.25) is 5.89 Å². The Morgan fingerprint density at radius 3 is 1.69 bits per heavy atom. The Kier molecular flexibility index (Phi) is 9.53. The zero-order valence-corrected chi connectivity index (χ0v) is 25.0. The Morgan fingerprint density at radius 1 is 0.714 bits per heavy atom. The van der Waals surface area contributed by atoms with Gasteiger partial charge in [0.25, 0.3) is 0 Å². The van der Waals surface area contributed by atoms with Gasteiger partial charge in [0.05, 0.1) is 11.3 Å². The van der Waals surface area contributed by atoms with Gasteiger partial charge in [-0.1, -0.05) is 65.8 Å². The number of hydrogen-bond acceptors (Lipinski definition) is 7. The van der Waals surface area contributed by atoms with Crippen LogP contribution in [0.4, 0.5) is 17.1 Å². The molecule has 1 aromatic heterocycles. The Morgan fingerprint density at radius 2 is 1.21 bits per heavy atom. The molecule has 8 N–H and O–H groups in total. The maximum atomic E-state index is 10.6. The molecule has 220 valence electrons. The number of carbonyl (C=O) groups is 1. The van der Waals surface area contributed by atoms with E-state index in [1.807, 2.05) is 30.3 Å². The van der Waals surface area contributed by atoms with Crippen molar-refractivity contribution in [1.29, 1.82) is 0 Å². The number of phenolic OH excluding ortho intramolecular Hbond substituents is 1. The van der Waals surface area contributed by atoms with Gasteiger partial charge >= 0.3 is 5.97 Å². The number of benzene rings is 4. The molecule has 0 aliphatic carbocycles. The number of aromatic hydroxyl groups is 1. The Balaban J connectivity index is 0.000000189. The van der Waals surface area contributed by atoms with Gasteiger partial charge in [-0.3, -0.25) is 0 Å². The smallest absolute Gasteiger partial charge is 0.335 e. The van der Waals surface area contributed by atoms with Crippen LogP contribution in [-0.2, 0) is 10.8 Å². The van der Waals surface area contributed by atoms with E-state index >= 15 is 0 Å². The monoisotopic (exact) mass is 568 g/mol. The minimum Gasteiger partial charge on any atom is -0.506 e. The van der Waals surface area contributed by atoms with Crippen LogP contribution >= 0.6 is 0 Å². The Bertz CT molecular complexity index is 1640. The lowest BCUT2D eigenvalue weighted by Gasteiger charge is -2.18. The first-order chi connectivity index (χ1) is 19.5. The number of aromatic carboxylic acids is 1. The summed E-state index contributed by atoms with van der Waals surface area (Å²) in [6.45, 7) is 12.9. The highest BCUT2D eigenvalue weighted by Crippen LogP contribution is 2.28. The quantitative estimate of drug-likeness (QED) is 0.0825. The molecule has 0 aliphatic rings. The van der Waals surface area contributed by atoms with Gasteiger partial charge in [0, 0.05) is 16.9 Å². The van der Waals surface area contributed by atoms with Crippen LogP contribution in [-0.4, -0.2) is 21.2 Å². The fourth-order valence-corrected chi connectivity index (χ4v) is 3.87. The van der Waals surface area contributed by atoms with Crippen LogP contribution in [0, 0.1) is 0 Å². The molecule has 0 radical (unpaired) electrons. The van der Waals surface area contributed by atoms with Gasteiger partial charge in [0.15, 0.2) is 5.58 Å². The van der Waals surface area contributed by atoms with Crippen molar-refractivity contribution in [2.75, 3.05) is 17.2 Å². The second-order valence-electron chi connectivity index (χ2n) is 12.0. The number of nitrogens with zero attached hydrogens (tertiary/aromatic N) is 1. The highest BCUT2D eigenvalue weighted by atomic mass is 16.4. The second kappa shape index (κ2) is 12.7. The summed E-state index contributed by atoms with van der Waals surface area (Å²) in [5, 5.41) is 17.5. The zero-order valence-electron chi connectivity index (χ0n) is 25.0. The molecule has 0 aliphatic heterocycles. The van der Waals surface area contributed by atoms with E-state index in [-0.39, 0.29) is 16.6 Å². The lowest BCUT2D eigenvalue weighted by Crippen LogP contribution is -2.11. The molecule has 1 heterocycles. The molecule has 0 fully saturated rings. The fourth-order valence-electron chi connectivity index (χ4n) is 3.87. The number of phenols is 1. The van der Waals surface area contributed by atoms with Crippen LogP contribution in [0.2, 0.25) is 0 Å². The number of aromatic nitrogens is 1. The van der Waals surface area contributed by atoms with E-state index in [0.717, 1.165) is 22.2 Å². The van der Waals surface area contributed by atoms with Crippen LogP contribution < -0.4 is 17.2 Å². The number of carboxylic acid groups (broad SMARTS) is 1. The topological polar surface area (TPSA) is 162 Å². The lowest BCUT2D eigenvalue weighted by atomic mass is 9.87. The van der Waals surface area contributed by atoms with Crippen molar-refractivity contribution in [3.63, 3.8) is 0 Å². The first kappa shape index (κ1) is 31.5. The van der Waals surface area contributed by atoms with E-state index in [1.165, 1.54) is 17.7 Å². The average molecular weight is 569 g/mol. The predicted molar refractivity (Wildman–Crippen MR) is 172 cm³/mol. The summed E-state index contributed by atoms with van der Waals surface area (Å²) in [7, 11) is 0. The van der Waals surface area contributed by atoms with Crippen molar-refractivity contribution < 1.29 is 19.4 Å². The first-order valence-corrected chi connectivity index (χ1v) is 13.5. The molecule has 0 spiro atoms. The van der Waals surface area contributed by atoms with E-state index in [4.69, 9.17) is 31.8 Å². The summed E-state index contributed by atoms with van der Waals surface area (Å²) >= 11 is 0. The van der Waals surface area contributed by atoms with E-state index in [9.17, 15) is 4.79 Å². The molecule has 0 unspecified atom stereocenters. The van der Waals surface area contributed by atoms with Gasteiger partial charge in [0.1, 0.15) is 11.3 Å². The maximum absolute atomic E-state index is 10.6. The molecule has 0 saturated carbocycles. The van der Waals surface area contributed by atoms with Crippen molar-refractivity contribution in [3.8, 4) is 17.2 Å². The number of nitrogen functional groups attached to an aromatic ring is 3. The number of fused-ring (bicyclic) bond motifs is 1. The van der Waals surface area contributed by atoms with Crippen molar-refractivity contribution in [2.45, 2.75) is 52.4 Å². The van der Waals surface area contributed by atoms with Crippen LogP contribution in [0.25, 0.3) is 22.6 Å². The molecule has 8 heteroatoms. The standard InChI is InChI=1S/C17H18N2O.C11H14O2.C6H8N2O/c1-17(2,3)12-6-4-11(5-7-12)16-19-14-10-13(18)8-9-15(14)20-16;1-11(2,3)9-6-4-8(5-7-9)10(12)13;7-4-1-2-6(9)5(8)3-4/h4-10H,18H2,1-3H3;4-7H,1-3H3,(H,12,13);1-3,9H,7-8H2. The molecule has 0 atom stereocenters. The zero-order chi connectivity index (χ0) is 31.2. The molecular weight excluding hydrogens is 528 g/mol. The van der Waals surface area contributed by atoms with Crippen molar-refractivity contribution in [2.24, 2.45) is 0 Å². The minimum atomic E-state index is -0.875. The number of carboxylic acids is 1.